The van der Waals surface area contributed by atoms with Crippen molar-refractivity contribution >= 4 is 28.3 Å². The highest BCUT2D eigenvalue weighted by molar-refractivity contribution is 7.09. The van der Waals surface area contributed by atoms with Crippen LogP contribution in [0.15, 0.2) is 63.1 Å². The number of benzene rings is 2. The van der Waals surface area contributed by atoms with E-state index >= 15 is 0 Å². The number of methoxy groups -OCH3 is 1. The molecule has 0 aliphatic carbocycles. The minimum absolute atomic E-state index is 0.0653. The second kappa shape index (κ2) is 9.32. The van der Waals surface area contributed by atoms with Gasteiger partial charge in [0.15, 0.2) is 0 Å². The van der Waals surface area contributed by atoms with E-state index in [1.807, 2.05) is 22.4 Å². The van der Waals surface area contributed by atoms with Crippen molar-refractivity contribution in [1.82, 2.24) is 4.90 Å². The lowest BCUT2D eigenvalue weighted by atomic mass is 10.1. The number of halogens is 3. The zero-order valence-electron chi connectivity index (χ0n) is 18.8. The summed E-state index contributed by atoms with van der Waals surface area (Å²) in [5, 5.41) is 1.87. The number of alkyl halides is 3. The van der Waals surface area contributed by atoms with Gasteiger partial charge < -0.3 is 18.6 Å². The highest BCUT2D eigenvalue weighted by atomic mass is 32.1. The van der Waals surface area contributed by atoms with Gasteiger partial charge in [-0.2, -0.15) is 13.2 Å². The number of hydrogen-bond acceptors (Lipinski definition) is 8. The number of esters is 1. The molecule has 1 aliphatic rings. The molecule has 0 bridgehead atoms. The number of hydrogen-bond donors (Lipinski definition) is 0. The van der Waals surface area contributed by atoms with E-state index in [1.165, 1.54) is 37.4 Å². The van der Waals surface area contributed by atoms with E-state index in [4.69, 9.17) is 13.9 Å². The van der Waals surface area contributed by atoms with Gasteiger partial charge in [-0.15, -0.1) is 11.3 Å². The van der Waals surface area contributed by atoms with Crippen molar-refractivity contribution in [3.8, 4) is 17.2 Å². The van der Waals surface area contributed by atoms with Gasteiger partial charge >= 0.3 is 12.1 Å². The fourth-order valence-electron chi connectivity index (χ4n) is 3.89. The monoisotopic (exact) mass is 517 g/mol. The van der Waals surface area contributed by atoms with E-state index in [9.17, 15) is 22.8 Å². The average Bonchev–Trinajstić information content (AvgIpc) is 3.37. The van der Waals surface area contributed by atoms with Crippen LogP contribution >= 0.6 is 11.3 Å². The van der Waals surface area contributed by atoms with Crippen LogP contribution in [0, 0.1) is 0 Å². The standard InChI is InChI=1S/C25H18F3NO6S/c1-32-24(31)14-4-6-15(7-5-14)34-22-20(30)17-8-9-19-18(21(17)35-23(22)25(26,27)28)12-29(13-33-19)11-16-3-2-10-36-16/h2-10H,11-13H2,1H3. The van der Waals surface area contributed by atoms with Crippen LogP contribution in [0.25, 0.3) is 11.0 Å². The molecule has 186 valence electrons. The van der Waals surface area contributed by atoms with E-state index in [2.05, 4.69) is 4.74 Å². The Balaban J connectivity index is 1.56. The molecule has 5 rings (SSSR count). The molecule has 0 unspecified atom stereocenters. The van der Waals surface area contributed by atoms with Gasteiger partial charge in [0.05, 0.1) is 23.6 Å². The maximum Gasteiger partial charge on any atom is 0.453 e. The summed E-state index contributed by atoms with van der Waals surface area (Å²) in [5.41, 5.74) is -0.648. The second-order valence-corrected chi connectivity index (χ2v) is 9.00. The topological polar surface area (TPSA) is 78.2 Å². The summed E-state index contributed by atoms with van der Waals surface area (Å²) in [7, 11) is 1.20. The molecule has 0 amide bonds. The molecule has 1 aliphatic heterocycles. The Morgan fingerprint density at radius 2 is 1.92 bits per heavy atom. The molecule has 36 heavy (non-hydrogen) atoms. The zero-order chi connectivity index (χ0) is 25.4. The lowest BCUT2D eigenvalue weighted by Crippen LogP contribution is -2.31. The van der Waals surface area contributed by atoms with Crippen molar-refractivity contribution in [2.24, 2.45) is 0 Å². The first-order valence-electron chi connectivity index (χ1n) is 10.7. The molecule has 11 heteroatoms. The van der Waals surface area contributed by atoms with Crippen LogP contribution in [0.2, 0.25) is 0 Å². The van der Waals surface area contributed by atoms with E-state index < -0.39 is 29.1 Å². The van der Waals surface area contributed by atoms with Crippen LogP contribution < -0.4 is 14.9 Å². The largest absolute Gasteiger partial charge is 0.478 e. The average molecular weight is 517 g/mol. The molecule has 2 aromatic carbocycles. The lowest BCUT2D eigenvalue weighted by Gasteiger charge is -2.29. The third-order valence-corrected chi connectivity index (χ3v) is 6.44. The van der Waals surface area contributed by atoms with Crippen molar-refractivity contribution in [2.45, 2.75) is 19.3 Å². The van der Waals surface area contributed by atoms with Gasteiger partial charge in [-0.25, -0.2) is 4.79 Å². The first-order chi connectivity index (χ1) is 17.2. The number of rotatable bonds is 5. The van der Waals surface area contributed by atoms with Crippen LogP contribution in [-0.4, -0.2) is 24.7 Å². The summed E-state index contributed by atoms with van der Waals surface area (Å²) < 4.78 is 63.1. The van der Waals surface area contributed by atoms with Crippen LogP contribution in [0.1, 0.15) is 26.6 Å². The highest BCUT2D eigenvalue weighted by Gasteiger charge is 2.41. The maximum absolute atomic E-state index is 14.0. The van der Waals surface area contributed by atoms with E-state index in [0.717, 1.165) is 4.88 Å². The maximum atomic E-state index is 14.0. The predicted molar refractivity (Wildman–Crippen MR) is 124 cm³/mol. The lowest BCUT2D eigenvalue weighted by molar-refractivity contribution is -0.154. The molecule has 0 spiro atoms. The van der Waals surface area contributed by atoms with E-state index in [0.29, 0.717) is 17.9 Å². The first kappa shape index (κ1) is 23.9. The second-order valence-electron chi connectivity index (χ2n) is 7.96. The third-order valence-electron chi connectivity index (χ3n) is 5.58. The summed E-state index contributed by atoms with van der Waals surface area (Å²) in [4.78, 5) is 27.8. The minimum atomic E-state index is -5.01. The van der Waals surface area contributed by atoms with Gasteiger partial charge in [0.1, 0.15) is 23.8 Å². The van der Waals surface area contributed by atoms with Crippen molar-refractivity contribution < 1.29 is 36.6 Å². The molecule has 3 heterocycles. The molecule has 0 atom stereocenters. The van der Waals surface area contributed by atoms with Crippen molar-refractivity contribution in [2.75, 3.05) is 13.8 Å². The van der Waals surface area contributed by atoms with Crippen LogP contribution in [0.5, 0.6) is 17.2 Å². The van der Waals surface area contributed by atoms with Gasteiger partial charge in [0.25, 0.3) is 5.76 Å². The molecule has 4 aromatic rings. The quantitative estimate of drug-likeness (QED) is 0.310. The Labute approximate surface area is 206 Å². The Morgan fingerprint density at radius 3 is 2.58 bits per heavy atom. The highest BCUT2D eigenvalue weighted by Crippen LogP contribution is 2.41. The number of nitrogens with zero attached hydrogens (tertiary/aromatic N) is 1. The zero-order valence-corrected chi connectivity index (χ0v) is 19.6. The molecular formula is C25H18F3NO6S. The summed E-state index contributed by atoms with van der Waals surface area (Å²) in [6, 6.07) is 11.9. The smallest absolute Gasteiger partial charge is 0.453 e. The predicted octanol–water partition coefficient (Wildman–Crippen LogP) is 5.80. The summed E-state index contributed by atoms with van der Waals surface area (Å²) >= 11 is 1.55. The number of thiophene rings is 1. The molecule has 0 saturated heterocycles. The number of ether oxygens (including phenoxy) is 3. The van der Waals surface area contributed by atoms with E-state index in [1.54, 1.807) is 17.4 Å². The summed E-state index contributed by atoms with van der Waals surface area (Å²) in [6.07, 6.45) is -5.01. The van der Waals surface area contributed by atoms with Crippen molar-refractivity contribution in [3.63, 3.8) is 0 Å². The third kappa shape index (κ3) is 4.54. The number of carbonyl (C=O) groups is 1. The SMILES string of the molecule is COC(=O)c1ccc(Oc2c(C(F)(F)F)oc3c4c(ccc3c2=O)OCN(Cc2cccs2)C4)cc1. The molecular weight excluding hydrogens is 499 g/mol. The van der Waals surface area contributed by atoms with Crippen molar-refractivity contribution in [1.29, 1.82) is 0 Å². The molecule has 2 aromatic heterocycles. The normalized spacial score (nSPS) is 13.8. The number of fused-ring (bicyclic) bond motifs is 3. The van der Waals surface area contributed by atoms with Gasteiger partial charge in [0, 0.05) is 18.0 Å². The summed E-state index contributed by atoms with van der Waals surface area (Å²) in [6.45, 7) is 1.02. The molecule has 0 saturated carbocycles. The van der Waals surface area contributed by atoms with Crippen LogP contribution in [-0.2, 0) is 24.0 Å². The minimum Gasteiger partial charge on any atom is -0.478 e. The Morgan fingerprint density at radius 1 is 1.14 bits per heavy atom. The van der Waals surface area contributed by atoms with E-state index in [-0.39, 0.29) is 35.6 Å². The fourth-order valence-corrected chi connectivity index (χ4v) is 4.64. The van der Waals surface area contributed by atoms with Gasteiger partial charge in [-0.3, -0.25) is 9.69 Å². The van der Waals surface area contributed by atoms with Gasteiger partial charge in [0.2, 0.25) is 11.2 Å². The van der Waals surface area contributed by atoms with Gasteiger partial charge in [-0.1, -0.05) is 6.07 Å². The summed E-state index contributed by atoms with van der Waals surface area (Å²) in [5.74, 6) is -2.90. The van der Waals surface area contributed by atoms with Crippen LogP contribution in [0.3, 0.4) is 0 Å². The molecule has 0 fully saturated rings. The molecule has 0 radical (unpaired) electrons. The first-order valence-corrected chi connectivity index (χ1v) is 11.6. The van der Waals surface area contributed by atoms with Crippen molar-refractivity contribution in [3.05, 3.63) is 85.9 Å². The van der Waals surface area contributed by atoms with Crippen LogP contribution in [0.4, 0.5) is 13.2 Å². The Kier molecular flexibility index (Phi) is 6.19. The Bertz CT molecular complexity index is 1480. The Hall–Kier alpha value is -3.83. The number of carbonyl (C=O) groups excluding carboxylic acids is 1. The molecule has 0 N–H and O–H groups in total. The molecule has 7 nitrogen and oxygen atoms in total. The van der Waals surface area contributed by atoms with Gasteiger partial charge in [-0.05, 0) is 47.8 Å². The fraction of sp³-hybridized carbons (Fsp3) is 0.200.